The topological polar surface area (TPSA) is 42.4 Å². The van der Waals surface area contributed by atoms with Crippen molar-refractivity contribution in [3.05, 3.63) is 24.2 Å². The number of furan rings is 1. The van der Waals surface area contributed by atoms with E-state index in [1.54, 1.807) is 6.26 Å². The van der Waals surface area contributed by atoms with Crippen LogP contribution in [-0.2, 0) is 6.54 Å². The zero-order valence-corrected chi connectivity index (χ0v) is 11.4. The van der Waals surface area contributed by atoms with Gasteiger partial charge in [0.05, 0.1) is 12.8 Å². The summed E-state index contributed by atoms with van der Waals surface area (Å²) in [5.41, 5.74) is 6.15. The normalized spacial score (nSPS) is 13.5. The SMILES string of the molecule is CCCCN(Cc1ccco1)CC(N)C(C)C. The summed E-state index contributed by atoms with van der Waals surface area (Å²) in [6.07, 6.45) is 4.16. The smallest absolute Gasteiger partial charge is 0.117 e. The molecule has 1 rings (SSSR count). The maximum absolute atomic E-state index is 6.15. The first kappa shape index (κ1) is 14.3. The van der Waals surface area contributed by atoms with Crippen LogP contribution in [-0.4, -0.2) is 24.0 Å². The van der Waals surface area contributed by atoms with Crippen LogP contribution in [0, 0.1) is 5.92 Å². The van der Waals surface area contributed by atoms with Crippen molar-refractivity contribution in [1.29, 1.82) is 0 Å². The summed E-state index contributed by atoms with van der Waals surface area (Å²) in [7, 11) is 0. The van der Waals surface area contributed by atoms with E-state index in [-0.39, 0.29) is 6.04 Å². The molecule has 0 radical (unpaired) electrons. The van der Waals surface area contributed by atoms with Crippen LogP contribution in [0.4, 0.5) is 0 Å². The molecule has 1 aromatic rings. The molecule has 2 N–H and O–H groups in total. The van der Waals surface area contributed by atoms with E-state index < -0.39 is 0 Å². The Kier molecular flexibility index (Phi) is 6.30. The fraction of sp³-hybridized carbons (Fsp3) is 0.714. The first-order valence-electron chi connectivity index (χ1n) is 6.63. The average Bonchev–Trinajstić information content (AvgIpc) is 2.78. The van der Waals surface area contributed by atoms with E-state index in [1.165, 1.54) is 12.8 Å². The van der Waals surface area contributed by atoms with Crippen molar-refractivity contribution in [2.45, 2.75) is 46.2 Å². The van der Waals surface area contributed by atoms with Crippen molar-refractivity contribution in [3.63, 3.8) is 0 Å². The fourth-order valence-electron chi connectivity index (χ4n) is 1.75. The quantitative estimate of drug-likeness (QED) is 0.757. The molecule has 0 aliphatic carbocycles. The highest BCUT2D eigenvalue weighted by atomic mass is 16.3. The fourth-order valence-corrected chi connectivity index (χ4v) is 1.75. The molecule has 3 nitrogen and oxygen atoms in total. The minimum atomic E-state index is 0.238. The van der Waals surface area contributed by atoms with E-state index in [9.17, 15) is 0 Å². The lowest BCUT2D eigenvalue weighted by molar-refractivity contribution is 0.211. The van der Waals surface area contributed by atoms with Gasteiger partial charge in [0.2, 0.25) is 0 Å². The van der Waals surface area contributed by atoms with E-state index in [1.807, 2.05) is 12.1 Å². The van der Waals surface area contributed by atoms with Crippen LogP contribution < -0.4 is 5.73 Å². The van der Waals surface area contributed by atoms with Gasteiger partial charge in [-0.3, -0.25) is 4.90 Å². The van der Waals surface area contributed by atoms with Gasteiger partial charge in [0.1, 0.15) is 5.76 Å². The molecule has 1 atom stereocenters. The van der Waals surface area contributed by atoms with Crippen molar-refractivity contribution < 1.29 is 4.42 Å². The monoisotopic (exact) mass is 238 g/mol. The number of rotatable bonds is 8. The first-order chi connectivity index (χ1) is 8.13. The Morgan fingerprint density at radius 1 is 1.41 bits per heavy atom. The lowest BCUT2D eigenvalue weighted by atomic mass is 10.0. The Labute approximate surface area is 105 Å². The van der Waals surface area contributed by atoms with Crippen molar-refractivity contribution in [2.24, 2.45) is 11.7 Å². The summed E-state index contributed by atoms with van der Waals surface area (Å²) in [5.74, 6) is 1.55. The third-order valence-corrected chi connectivity index (χ3v) is 3.11. The van der Waals surface area contributed by atoms with Crippen LogP contribution >= 0.6 is 0 Å². The van der Waals surface area contributed by atoms with Gasteiger partial charge in [-0.05, 0) is 31.0 Å². The standard InChI is InChI=1S/C14H26N2O/c1-4-5-8-16(11-14(15)12(2)3)10-13-7-6-9-17-13/h6-7,9,12,14H,4-5,8,10-11,15H2,1-3H3. The van der Waals surface area contributed by atoms with Crippen LogP contribution in [0.2, 0.25) is 0 Å². The molecule has 3 heteroatoms. The molecular formula is C14H26N2O. The molecule has 1 unspecified atom stereocenters. The van der Waals surface area contributed by atoms with Gasteiger partial charge < -0.3 is 10.2 Å². The number of unbranched alkanes of at least 4 members (excludes halogenated alkanes) is 1. The van der Waals surface area contributed by atoms with E-state index >= 15 is 0 Å². The van der Waals surface area contributed by atoms with Crippen molar-refractivity contribution in [2.75, 3.05) is 13.1 Å². The highest BCUT2D eigenvalue weighted by molar-refractivity contribution is 4.98. The maximum atomic E-state index is 6.15. The Balaban J connectivity index is 2.47. The van der Waals surface area contributed by atoms with Crippen LogP contribution in [0.1, 0.15) is 39.4 Å². The number of hydrogen-bond donors (Lipinski definition) is 1. The first-order valence-corrected chi connectivity index (χ1v) is 6.63. The van der Waals surface area contributed by atoms with Gasteiger partial charge in [-0.15, -0.1) is 0 Å². The Bertz CT molecular complexity index is 282. The molecular weight excluding hydrogens is 212 g/mol. The van der Waals surface area contributed by atoms with Gasteiger partial charge in [0, 0.05) is 12.6 Å². The predicted molar refractivity (Wildman–Crippen MR) is 71.7 cm³/mol. The predicted octanol–water partition coefficient (Wildman–Crippen LogP) is 2.87. The summed E-state index contributed by atoms with van der Waals surface area (Å²) in [6, 6.07) is 4.21. The van der Waals surface area contributed by atoms with E-state index in [2.05, 4.69) is 25.7 Å². The molecule has 0 saturated carbocycles. The van der Waals surface area contributed by atoms with Gasteiger partial charge in [0.15, 0.2) is 0 Å². The van der Waals surface area contributed by atoms with Gasteiger partial charge in [-0.1, -0.05) is 27.2 Å². The molecule has 0 aromatic carbocycles. The Morgan fingerprint density at radius 3 is 2.71 bits per heavy atom. The largest absolute Gasteiger partial charge is 0.468 e. The molecule has 98 valence electrons. The molecule has 0 bridgehead atoms. The zero-order valence-electron chi connectivity index (χ0n) is 11.4. The van der Waals surface area contributed by atoms with Gasteiger partial charge >= 0.3 is 0 Å². The molecule has 0 fully saturated rings. The van der Waals surface area contributed by atoms with E-state index in [0.717, 1.165) is 25.4 Å². The minimum Gasteiger partial charge on any atom is -0.468 e. The summed E-state index contributed by atoms with van der Waals surface area (Å²) in [4.78, 5) is 2.40. The average molecular weight is 238 g/mol. The highest BCUT2D eigenvalue weighted by Crippen LogP contribution is 2.09. The third-order valence-electron chi connectivity index (χ3n) is 3.11. The number of hydrogen-bond acceptors (Lipinski definition) is 3. The maximum Gasteiger partial charge on any atom is 0.117 e. The van der Waals surface area contributed by atoms with Crippen molar-refractivity contribution in [1.82, 2.24) is 4.90 Å². The number of nitrogens with two attached hydrogens (primary N) is 1. The lowest BCUT2D eigenvalue weighted by Crippen LogP contribution is -2.40. The third kappa shape index (κ3) is 5.37. The van der Waals surface area contributed by atoms with Crippen LogP contribution in [0.25, 0.3) is 0 Å². The number of nitrogens with zero attached hydrogens (tertiary/aromatic N) is 1. The molecule has 0 aliphatic rings. The molecule has 1 heterocycles. The summed E-state index contributed by atoms with van der Waals surface area (Å²) in [5, 5.41) is 0. The highest BCUT2D eigenvalue weighted by Gasteiger charge is 2.14. The lowest BCUT2D eigenvalue weighted by Gasteiger charge is -2.26. The van der Waals surface area contributed by atoms with E-state index in [0.29, 0.717) is 5.92 Å². The summed E-state index contributed by atoms with van der Waals surface area (Å²) in [6.45, 7) is 9.47. The van der Waals surface area contributed by atoms with Gasteiger partial charge in [0.25, 0.3) is 0 Å². The summed E-state index contributed by atoms with van der Waals surface area (Å²) < 4.78 is 5.40. The molecule has 0 aliphatic heterocycles. The zero-order chi connectivity index (χ0) is 12.7. The van der Waals surface area contributed by atoms with E-state index in [4.69, 9.17) is 10.2 Å². The van der Waals surface area contributed by atoms with Gasteiger partial charge in [-0.2, -0.15) is 0 Å². The second-order valence-corrected chi connectivity index (χ2v) is 5.08. The van der Waals surface area contributed by atoms with Crippen molar-refractivity contribution >= 4 is 0 Å². The molecule has 0 saturated heterocycles. The van der Waals surface area contributed by atoms with Crippen LogP contribution in [0.5, 0.6) is 0 Å². The van der Waals surface area contributed by atoms with Crippen LogP contribution in [0.15, 0.2) is 22.8 Å². The van der Waals surface area contributed by atoms with Crippen LogP contribution in [0.3, 0.4) is 0 Å². The Hall–Kier alpha value is -0.800. The molecule has 17 heavy (non-hydrogen) atoms. The molecule has 0 spiro atoms. The molecule has 1 aromatic heterocycles. The van der Waals surface area contributed by atoms with Gasteiger partial charge in [-0.25, -0.2) is 0 Å². The Morgan fingerprint density at radius 2 is 2.18 bits per heavy atom. The summed E-state index contributed by atoms with van der Waals surface area (Å²) >= 11 is 0. The second-order valence-electron chi connectivity index (χ2n) is 5.08. The second kappa shape index (κ2) is 7.51. The minimum absolute atomic E-state index is 0.238. The molecule has 0 amide bonds. The van der Waals surface area contributed by atoms with Crippen molar-refractivity contribution in [3.8, 4) is 0 Å².